The second kappa shape index (κ2) is 4.98. The number of Topliss-reactive ketones (excluding diaryl/α,β-unsaturated/α-hetero) is 1. The van der Waals surface area contributed by atoms with Gasteiger partial charge >= 0.3 is 0 Å². The van der Waals surface area contributed by atoms with Crippen molar-refractivity contribution in [1.29, 1.82) is 0 Å². The van der Waals surface area contributed by atoms with Gasteiger partial charge in [-0.1, -0.05) is 6.07 Å². The highest BCUT2D eigenvalue weighted by atomic mass is 19.2. The highest BCUT2D eigenvalue weighted by molar-refractivity contribution is 5.96. The maximum atomic E-state index is 13.3. The van der Waals surface area contributed by atoms with E-state index in [1.165, 1.54) is 26.2 Å². The van der Waals surface area contributed by atoms with Crippen LogP contribution in [0.15, 0.2) is 12.1 Å². The topological polar surface area (TPSA) is 26.3 Å². The van der Waals surface area contributed by atoms with Crippen LogP contribution in [0.5, 0.6) is 0 Å². The molecular formula is C11H12F2O2. The Balaban J connectivity index is 2.95. The molecule has 0 aliphatic carbocycles. The van der Waals surface area contributed by atoms with Crippen molar-refractivity contribution >= 4 is 5.78 Å². The summed E-state index contributed by atoms with van der Waals surface area (Å²) in [6, 6.07) is 2.68. The van der Waals surface area contributed by atoms with E-state index in [1.54, 1.807) is 0 Å². The number of methoxy groups -OCH3 is 1. The van der Waals surface area contributed by atoms with Gasteiger partial charge in [0.25, 0.3) is 0 Å². The van der Waals surface area contributed by atoms with E-state index in [1.807, 2.05) is 0 Å². The van der Waals surface area contributed by atoms with Gasteiger partial charge in [-0.15, -0.1) is 0 Å². The van der Waals surface area contributed by atoms with Gasteiger partial charge in [0.1, 0.15) is 0 Å². The van der Waals surface area contributed by atoms with Gasteiger partial charge in [-0.3, -0.25) is 4.79 Å². The Labute approximate surface area is 86.9 Å². The van der Waals surface area contributed by atoms with Crippen molar-refractivity contribution in [2.24, 2.45) is 0 Å². The molecule has 1 aromatic carbocycles. The molecule has 0 saturated carbocycles. The van der Waals surface area contributed by atoms with Crippen LogP contribution in [-0.2, 0) is 4.74 Å². The molecule has 15 heavy (non-hydrogen) atoms. The van der Waals surface area contributed by atoms with Crippen molar-refractivity contribution in [3.63, 3.8) is 0 Å². The second-order valence-corrected chi connectivity index (χ2v) is 3.22. The lowest BCUT2D eigenvalue weighted by atomic mass is 10.1. The number of rotatable bonds is 4. The van der Waals surface area contributed by atoms with Crippen LogP contribution in [0.1, 0.15) is 22.3 Å². The second-order valence-electron chi connectivity index (χ2n) is 3.22. The minimum atomic E-state index is -1.07. The fourth-order valence-electron chi connectivity index (χ4n) is 1.19. The van der Waals surface area contributed by atoms with Crippen molar-refractivity contribution in [2.45, 2.75) is 13.3 Å². The normalized spacial score (nSPS) is 10.4. The first kappa shape index (κ1) is 11.8. The van der Waals surface area contributed by atoms with E-state index in [2.05, 4.69) is 0 Å². The van der Waals surface area contributed by atoms with E-state index in [-0.39, 0.29) is 24.2 Å². The van der Waals surface area contributed by atoms with Crippen molar-refractivity contribution in [1.82, 2.24) is 0 Å². The van der Waals surface area contributed by atoms with Crippen LogP contribution in [0.25, 0.3) is 0 Å². The average Bonchev–Trinajstić information content (AvgIpc) is 2.23. The molecule has 0 aromatic heterocycles. The number of benzene rings is 1. The summed E-state index contributed by atoms with van der Waals surface area (Å²) in [6.07, 6.45) is 0.0515. The molecule has 2 nitrogen and oxygen atoms in total. The molecule has 0 bridgehead atoms. The largest absolute Gasteiger partial charge is 0.384 e. The lowest BCUT2D eigenvalue weighted by Gasteiger charge is -2.04. The highest BCUT2D eigenvalue weighted by Crippen LogP contribution is 2.16. The van der Waals surface area contributed by atoms with Crippen molar-refractivity contribution in [2.75, 3.05) is 13.7 Å². The van der Waals surface area contributed by atoms with Crippen LogP contribution in [0, 0.1) is 18.6 Å². The van der Waals surface area contributed by atoms with Crippen LogP contribution in [0.4, 0.5) is 8.78 Å². The Morgan fingerprint density at radius 1 is 1.33 bits per heavy atom. The smallest absolute Gasteiger partial charge is 0.169 e. The maximum Gasteiger partial charge on any atom is 0.169 e. The Hall–Kier alpha value is -1.29. The van der Waals surface area contributed by atoms with Gasteiger partial charge in [0.2, 0.25) is 0 Å². The van der Waals surface area contributed by atoms with Crippen LogP contribution in [0.3, 0.4) is 0 Å². The first-order valence-electron chi connectivity index (χ1n) is 4.54. The summed E-state index contributed by atoms with van der Waals surface area (Å²) in [5.41, 5.74) is -0.0223. The first-order valence-corrected chi connectivity index (χ1v) is 4.54. The zero-order valence-corrected chi connectivity index (χ0v) is 8.64. The third-order valence-electron chi connectivity index (χ3n) is 2.11. The fraction of sp³-hybridized carbons (Fsp3) is 0.364. The molecule has 0 amide bonds. The van der Waals surface area contributed by atoms with Gasteiger partial charge < -0.3 is 4.74 Å². The lowest BCUT2D eigenvalue weighted by molar-refractivity contribution is 0.0927. The number of carbonyl (C=O) groups is 1. The molecule has 0 heterocycles. The summed E-state index contributed by atoms with van der Waals surface area (Å²) < 4.78 is 31.1. The Morgan fingerprint density at radius 3 is 2.60 bits per heavy atom. The van der Waals surface area contributed by atoms with E-state index in [4.69, 9.17) is 4.74 Å². The monoisotopic (exact) mass is 214 g/mol. The van der Waals surface area contributed by atoms with Crippen LogP contribution in [-0.4, -0.2) is 19.5 Å². The van der Waals surface area contributed by atoms with E-state index in [9.17, 15) is 13.6 Å². The van der Waals surface area contributed by atoms with Crippen LogP contribution < -0.4 is 0 Å². The van der Waals surface area contributed by atoms with Crippen LogP contribution >= 0.6 is 0 Å². The number of hydrogen-bond donors (Lipinski definition) is 0. The van der Waals surface area contributed by atoms with Crippen LogP contribution in [0.2, 0.25) is 0 Å². The molecule has 0 spiro atoms. The van der Waals surface area contributed by atoms with Crippen molar-refractivity contribution in [3.8, 4) is 0 Å². The number of halogens is 2. The van der Waals surface area contributed by atoms with E-state index in [0.29, 0.717) is 0 Å². The quantitative estimate of drug-likeness (QED) is 0.720. The molecule has 0 fully saturated rings. The number of carbonyl (C=O) groups excluding carboxylic acids is 1. The Bertz CT molecular complexity index is 375. The summed E-state index contributed by atoms with van der Waals surface area (Å²) in [7, 11) is 1.44. The molecule has 0 aliphatic heterocycles. The molecule has 4 heteroatoms. The molecule has 0 atom stereocenters. The Kier molecular flexibility index (Phi) is 3.91. The zero-order chi connectivity index (χ0) is 11.4. The van der Waals surface area contributed by atoms with Crippen molar-refractivity contribution in [3.05, 3.63) is 34.9 Å². The molecule has 0 saturated heterocycles. The summed E-state index contributed by atoms with van der Waals surface area (Å²) >= 11 is 0. The molecule has 1 aromatic rings. The molecule has 0 radical (unpaired) electrons. The predicted octanol–water partition coefficient (Wildman–Crippen LogP) is 2.49. The molecule has 0 unspecified atom stereocenters. The SMILES string of the molecule is COCCC(=O)c1ccc(C)c(F)c1F. The van der Waals surface area contributed by atoms with Gasteiger partial charge in [-0.25, -0.2) is 8.78 Å². The summed E-state index contributed by atoms with van der Waals surface area (Å²) in [5.74, 6) is -2.48. The minimum absolute atomic E-state index is 0.0515. The van der Waals surface area contributed by atoms with E-state index >= 15 is 0 Å². The standard InChI is InChI=1S/C11H12F2O2/c1-7-3-4-8(11(13)10(7)12)9(14)5-6-15-2/h3-4H,5-6H2,1-2H3. The zero-order valence-electron chi connectivity index (χ0n) is 8.64. The molecule has 0 aliphatic rings. The first-order chi connectivity index (χ1) is 7.07. The average molecular weight is 214 g/mol. The molecule has 0 N–H and O–H groups in total. The maximum absolute atomic E-state index is 13.3. The van der Waals surface area contributed by atoms with Gasteiger partial charge in [-0.05, 0) is 18.6 Å². The number of hydrogen-bond acceptors (Lipinski definition) is 2. The summed E-state index contributed by atoms with van der Waals surface area (Å²) in [6.45, 7) is 1.65. The van der Waals surface area contributed by atoms with Gasteiger partial charge in [-0.2, -0.15) is 0 Å². The molecule has 1 rings (SSSR count). The summed E-state index contributed by atoms with van der Waals surface area (Å²) in [4.78, 5) is 11.4. The number of ketones is 1. The molecule has 82 valence electrons. The minimum Gasteiger partial charge on any atom is -0.384 e. The summed E-state index contributed by atoms with van der Waals surface area (Å²) in [5, 5.41) is 0. The van der Waals surface area contributed by atoms with Gasteiger partial charge in [0.15, 0.2) is 17.4 Å². The third kappa shape index (κ3) is 2.59. The van der Waals surface area contributed by atoms with Gasteiger partial charge in [0, 0.05) is 13.5 Å². The van der Waals surface area contributed by atoms with Crippen molar-refractivity contribution < 1.29 is 18.3 Å². The van der Waals surface area contributed by atoms with Gasteiger partial charge in [0.05, 0.1) is 12.2 Å². The predicted molar refractivity (Wildman–Crippen MR) is 51.9 cm³/mol. The third-order valence-corrected chi connectivity index (χ3v) is 2.11. The van der Waals surface area contributed by atoms with E-state index in [0.717, 1.165) is 0 Å². The Morgan fingerprint density at radius 2 is 2.00 bits per heavy atom. The lowest BCUT2D eigenvalue weighted by Crippen LogP contribution is -2.07. The fourth-order valence-corrected chi connectivity index (χ4v) is 1.19. The molecular weight excluding hydrogens is 202 g/mol. The van der Waals surface area contributed by atoms with E-state index < -0.39 is 17.4 Å². The number of aryl methyl sites for hydroxylation is 1. The highest BCUT2D eigenvalue weighted by Gasteiger charge is 2.16. The number of ether oxygens (including phenoxy) is 1.